The number of hydrogen-bond donors (Lipinski definition) is 2. The smallest absolute Gasteiger partial charge is 0.311 e. The number of nitrogens with one attached hydrogen (secondary N) is 1. The molecule has 2 rings (SSSR count). The molecule has 1 aromatic carbocycles. The van der Waals surface area contributed by atoms with Gasteiger partial charge in [0.15, 0.2) is 5.69 Å². The molecule has 0 aliphatic rings. The van der Waals surface area contributed by atoms with Crippen molar-refractivity contribution in [3.63, 3.8) is 0 Å². The van der Waals surface area contributed by atoms with Gasteiger partial charge in [-0.1, -0.05) is 19.1 Å². The summed E-state index contributed by atoms with van der Waals surface area (Å²) < 4.78 is 19.9. The Balaban J connectivity index is 2.04. The lowest BCUT2D eigenvalue weighted by Gasteiger charge is -2.22. The summed E-state index contributed by atoms with van der Waals surface area (Å²) >= 11 is 0. The zero-order valence-corrected chi connectivity index (χ0v) is 21.1. The SMILES string of the molecule is CCC(COCCN(C)C(=O)C(=O)N(C)C)n1c(C)nc(C(=O)NCc2ccc(F)cc2)c(O)c1=O. The number of benzene rings is 1. The van der Waals surface area contributed by atoms with Crippen LogP contribution < -0.4 is 10.9 Å². The molecular weight excluding hydrogens is 473 g/mol. The maximum absolute atomic E-state index is 13.0. The minimum absolute atomic E-state index is 0.0604. The van der Waals surface area contributed by atoms with Gasteiger partial charge in [0.1, 0.15) is 11.6 Å². The van der Waals surface area contributed by atoms with Crippen LogP contribution in [0.2, 0.25) is 0 Å². The summed E-state index contributed by atoms with van der Waals surface area (Å²) in [6.45, 7) is 3.80. The second-order valence-corrected chi connectivity index (χ2v) is 8.40. The average Bonchev–Trinajstić information content (AvgIpc) is 2.85. The molecular formula is C24H32FN5O6. The Hall–Kier alpha value is -3.80. The van der Waals surface area contributed by atoms with Gasteiger partial charge in [0, 0.05) is 34.2 Å². The molecule has 1 atom stereocenters. The second kappa shape index (κ2) is 12.8. The minimum atomic E-state index is -0.789. The summed E-state index contributed by atoms with van der Waals surface area (Å²) in [7, 11) is 4.46. The van der Waals surface area contributed by atoms with Gasteiger partial charge in [0.25, 0.3) is 11.5 Å². The van der Waals surface area contributed by atoms with Gasteiger partial charge in [-0.05, 0) is 31.0 Å². The molecule has 2 N–H and O–H groups in total. The number of ether oxygens (including phenoxy) is 1. The third kappa shape index (κ3) is 7.11. The van der Waals surface area contributed by atoms with E-state index in [-0.39, 0.29) is 32.1 Å². The van der Waals surface area contributed by atoms with E-state index in [2.05, 4.69) is 10.3 Å². The van der Waals surface area contributed by atoms with Gasteiger partial charge in [-0.3, -0.25) is 23.7 Å². The molecule has 36 heavy (non-hydrogen) atoms. The van der Waals surface area contributed by atoms with Crippen LogP contribution in [0.5, 0.6) is 5.75 Å². The highest BCUT2D eigenvalue weighted by Gasteiger charge is 2.24. The number of amides is 3. The van der Waals surface area contributed by atoms with Gasteiger partial charge in [-0.25, -0.2) is 9.37 Å². The molecule has 0 saturated heterocycles. The number of aryl methyl sites for hydroxylation is 1. The molecule has 196 valence electrons. The topological polar surface area (TPSA) is 134 Å². The molecule has 12 heteroatoms. The van der Waals surface area contributed by atoms with Gasteiger partial charge >= 0.3 is 11.8 Å². The zero-order chi connectivity index (χ0) is 27.0. The van der Waals surface area contributed by atoms with Gasteiger partial charge in [-0.15, -0.1) is 0 Å². The van der Waals surface area contributed by atoms with E-state index in [0.717, 1.165) is 0 Å². The maximum atomic E-state index is 13.0. The molecule has 3 amide bonds. The van der Waals surface area contributed by atoms with E-state index in [0.29, 0.717) is 12.0 Å². The van der Waals surface area contributed by atoms with Crippen LogP contribution in [0.3, 0.4) is 0 Å². The quantitative estimate of drug-likeness (QED) is 0.361. The molecule has 11 nitrogen and oxygen atoms in total. The number of nitrogens with zero attached hydrogens (tertiary/aromatic N) is 4. The summed E-state index contributed by atoms with van der Waals surface area (Å²) in [6.07, 6.45) is 0.464. The van der Waals surface area contributed by atoms with E-state index in [9.17, 15) is 28.7 Å². The Labute approximate surface area is 208 Å². The Kier molecular flexibility index (Phi) is 10.1. The van der Waals surface area contributed by atoms with E-state index < -0.39 is 46.6 Å². The predicted octanol–water partition coefficient (Wildman–Crippen LogP) is 0.841. The summed E-state index contributed by atoms with van der Waals surface area (Å²) in [5, 5.41) is 13.0. The van der Waals surface area contributed by atoms with Crippen molar-refractivity contribution in [1.29, 1.82) is 0 Å². The van der Waals surface area contributed by atoms with E-state index in [1.54, 1.807) is 6.92 Å². The summed E-state index contributed by atoms with van der Waals surface area (Å²) in [6, 6.07) is 5.04. The lowest BCUT2D eigenvalue weighted by molar-refractivity contribution is -0.149. The normalized spacial score (nSPS) is 11.6. The van der Waals surface area contributed by atoms with Crippen molar-refractivity contribution in [2.75, 3.05) is 40.9 Å². The Morgan fingerprint density at radius 2 is 1.81 bits per heavy atom. The number of aromatic hydroxyl groups is 1. The monoisotopic (exact) mass is 505 g/mol. The lowest BCUT2D eigenvalue weighted by atomic mass is 10.2. The number of carbonyl (C=O) groups is 3. The first kappa shape index (κ1) is 28.4. The van der Waals surface area contributed by atoms with Gasteiger partial charge < -0.3 is 25.0 Å². The fourth-order valence-electron chi connectivity index (χ4n) is 3.34. The van der Waals surface area contributed by atoms with Crippen molar-refractivity contribution in [1.82, 2.24) is 24.7 Å². The summed E-state index contributed by atoms with van der Waals surface area (Å²) in [5.74, 6) is -3.03. The molecule has 0 fully saturated rings. The summed E-state index contributed by atoms with van der Waals surface area (Å²) in [5.41, 5.74) is -0.554. The highest BCUT2D eigenvalue weighted by Crippen LogP contribution is 2.17. The minimum Gasteiger partial charge on any atom is -0.501 e. The van der Waals surface area contributed by atoms with Crippen LogP contribution in [0, 0.1) is 12.7 Å². The highest BCUT2D eigenvalue weighted by atomic mass is 19.1. The van der Waals surface area contributed by atoms with E-state index in [1.807, 2.05) is 6.92 Å². The fraction of sp³-hybridized carbons (Fsp3) is 0.458. The van der Waals surface area contributed by atoms with Crippen LogP contribution >= 0.6 is 0 Å². The second-order valence-electron chi connectivity index (χ2n) is 8.40. The fourth-order valence-corrected chi connectivity index (χ4v) is 3.34. The molecule has 0 radical (unpaired) electrons. The Morgan fingerprint density at radius 3 is 2.39 bits per heavy atom. The predicted molar refractivity (Wildman–Crippen MR) is 129 cm³/mol. The number of halogens is 1. The Morgan fingerprint density at radius 1 is 1.17 bits per heavy atom. The standard InChI is InChI=1S/C24H32FN5O6/c1-6-18(14-36-12-11-29(5)24(35)23(34)28(3)4)30-15(2)27-19(20(31)22(30)33)21(32)26-13-16-7-9-17(25)10-8-16/h7-10,18,31H,6,11-14H2,1-5H3,(H,26,32). The molecule has 0 aliphatic heterocycles. The third-order valence-corrected chi connectivity index (χ3v) is 5.50. The van der Waals surface area contributed by atoms with Crippen LogP contribution in [0.15, 0.2) is 29.1 Å². The first-order valence-electron chi connectivity index (χ1n) is 11.4. The zero-order valence-electron chi connectivity index (χ0n) is 21.1. The van der Waals surface area contributed by atoms with Gasteiger partial charge in [0.05, 0.1) is 19.3 Å². The lowest BCUT2D eigenvalue weighted by Crippen LogP contribution is -2.41. The molecule has 1 heterocycles. The third-order valence-electron chi connectivity index (χ3n) is 5.50. The molecule has 0 spiro atoms. The van der Waals surface area contributed by atoms with Crippen molar-refractivity contribution in [3.05, 3.63) is 57.5 Å². The number of rotatable bonds is 10. The maximum Gasteiger partial charge on any atom is 0.311 e. The molecule has 2 aromatic rings. The first-order chi connectivity index (χ1) is 17.0. The van der Waals surface area contributed by atoms with E-state index in [1.165, 1.54) is 59.8 Å². The van der Waals surface area contributed by atoms with Gasteiger partial charge in [0.2, 0.25) is 5.75 Å². The molecule has 1 unspecified atom stereocenters. The Bertz CT molecular complexity index is 1150. The van der Waals surface area contributed by atoms with Crippen LogP contribution in [0.4, 0.5) is 4.39 Å². The number of likely N-dealkylation sites (N-methyl/N-ethyl adjacent to an activating group) is 2. The molecule has 0 bridgehead atoms. The number of carbonyl (C=O) groups excluding carboxylic acids is 3. The molecule has 0 saturated carbocycles. The number of aromatic nitrogens is 2. The molecule has 1 aromatic heterocycles. The summed E-state index contributed by atoms with van der Waals surface area (Å²) in [4.78, 5) is 55.7. The molecule has 0 aliphatic carbocycles. The van der Waals surface area contributed by atoms with Crippen LogP contribution in [0.25, 0.3) is 0 Å². The van der Waals surface area contributed by atoms with Crippen LogP contribution in [-0.4, -0.2) is 83.1 Å². The first-order valence-corrected chi connectivity index (χ1v) is 11.4. The van der Waals surface area contributed by atoms with Crippen LogP contribution in [0.1, 0.15) is 41.3 Å². The van der Waals surface area contributed by atoms with Crippen molar-refractivity contribution < 1.29 is 28.6 Å². The van der Waals surface area contributed by atoms with E-state index in [4.69, 9.17) is 4.74 Å². The average molecular weight is 506 g/mol. The van der Waals surface area contributed by atoms with Crippen molar-refractivity contribution in [3.8, 4) is 5.75 Å². The van der Waals surface area contributed by atoms with Crippen molar-refractivity contribution in [2.24, 2.45) is 0 Å². The largest absolute Gasteiger partial charge is 0.501 e. The number of hydrogen-bond acceptors (Lipinski definition) is 7. The van der Waals surface area contributed by atoms with Crippen molar-refractivity contribution >= 4 is 17.7 Å². The van der Waals surface area contributed by atoms with Crippen molar-refractivity contribution in [2.45, 2.75) is 32.9 Å². The van der Waals surface area contributed by atoms with Crippen LogP contribution in [-0.2, 0) is 20.9 Å². The van der Waals surface area contributed by atoms with Gasteiger partial charge in [-0.2, -0.15) is 0 Å². The highest BCUT2D eigenvalue weighted by molar-refractivity contribution is 6.34. The van der Waals surface area contributed by atoms with E-state index >= 15 is 0 Å².